The number of aryl methyl sites for hydroxylation is 1. The molecule has 0 spiro atoms. The molecule has 1 unspecified atom stereocenters. The molecule has 1 aromatic rings. The SMILES string of the molecule is COC(=O)C(O)c1c(C)ccc(Cl)c1OC. The topological polar surface area (TPSA) is 55.8 Å². The van der Waals surface area contributed by atoms with Crippen LogP contribution in [-0.4, -0.2) is 25.3 Å². The molecule has 0 saturated heterocycles. The van der Waals surface area contributed by atoms with Gasteiger partial charge in [-0.15, -0.1) is 0 Å². The predicted octanol–water partition coefficient (Wildman–Crippen LogP) is 1.86. The summed E-state index contributed by atoms with van der Waals surface area (Å²) in [5.41, 5.74) is 1.04. The van der Waals surface area contributed by atoms with E-state index in [1.54, 1.807) is 19.1 Å². The van der Waals surface area contributed by atoms with E-state index in [1.807, 2.05) is 0 Å². The summed E-state index contributed by atoms with van der Waals surface area (Å²) in [6.45, 7) is 1.75. The van der Waals surface area contributed by atoms with Crippen molar-refractivity contribution >= 4 is 17.6 Å². The highest BCUT2D eigenvalue weighted by molar-refractivity contribution is 6.32. The lowest BCUT2D eigenvalue weighted by atomic mass is 10.0. The largest absolute Gasteiger partial charge is 0.495 e. The third-order valence-corrected chi connectivity index (χ3v) is 2.57. The van der Waals surface area contributed by atoms with Crippen LogP contribution in [0.5, 0.6) is 5.75 Å². The zero-order valence-electron chi connectivity index (χ0n) is 9.28. The van der Waals surface area contributed by atoms with Gasteiger partial charge in [-0.3, -0.25) is 0 Å². The maximum atomic E-state index is 11.3. The first-order valence-corrected chi connectivity index (χ1v) is 4.99. The number of hydrogen-bond acceptors (Lipinski definition) is 4. The van der Waals surface area contributed by atoms with Crippen molar-refractivity contribution in [3.8, 4) is 5.75 Å². The Balaban J connectivity index is 3.30. The van der Waals surface area contributed by atoms with Crippen LogP contribution in [0.15, 0.2) is 12.1 Å². The number of aliphatic hydroxyl groups is 1. The molecular weight excluding hydrogens is 232 g/mol. The van der Waals surface area contributed by atoms with E-state index in [0.29, 0.717) is 21.9 Å². The summed E-state index contributed by atoms with van der Waals surface area (Å²) in [6, 6.07) is 3.34. The molecule has 1 aromatic carbocycles. The predicted molar refractivity (Wildman–Crippen MR) is 59.7 cm³/mol. The Hall–Kier alpha value is -1.26. The van der Waals surface area contributed by atoms with Gasteiger partial charge in [-0.25, -0.2) is 4.79 Å². The highest BCUT2D eigenvalue weighted by atomic mass is 35.5. The van der Waals surface area contributed by atoms with Gasteiger partial charge in [0.2, 0.25) is 0 Å². The van der Waals surface area contributed by atoms with Gasteiger partial charge in [0, 0.05) is 5.56 Å². The van der Waals surface area contributed by atoms with Crippen LogP contribution in [0.3, 0.4) is 0 Å². The number of ether oxygens (including phenoxy) is 2. The van der Waals surface area contributed by atoms with Crippen LogP contribution in [0.25, 0.3) is 0 Å². The van der Waals surface area contributed by atoms with Crippen molar-refractivity contribution in [1.29, 1.82) is 0 Å². The van der Waals surface area contributed by atoms with Gasteiger partial charge < -0.3 is 14.6 Å². The summed E-state index contributed by atoms with van der Waals surface area (Å²) < 4.78 is 9.55. The standard InChI is InChI=1S/C11H13ClO4/c1-6-4-5-7(12)10(15-2)8(6)9(13)11(14)16-3/h4-5,9,13H,1-3H3. The van der Waals surface area contributed by atoms with Crippen LogP contribution < -0.4 is 4.74 Å². The van der Waals surface area contributed by atoms with Gasteiger partial charge in [0.25, 0.3) is 0 Å². The van der Waals surface area contributed by atoms with Gasteiger partial charge in [-0.1, -0.05) is 17.7 Å². The van der Waals surface area contributed by atoms with E-state index in [-0.39, 0.29) is 0 Å². The number of carbonyl (C=O) groups is 1. The Morgan fingerprint density at radius 3 is 2.56 bits per heavy atom. The minimum absolute atomic E-state index is 0.291. The molecule has 16 heavy (non-hydrogen) atoms. The second kappa shape index (κ2) is 5.18. The van der Waals surface area contributed by atoms with E-state index < -0.39 is 12.1 Å². The number of rotatable bonds is 3. The summed E-state index contributed by atoms with van der Waals surface area (Å²) in [4.78, 5) is 11.3. The van der Waals surface area contributed by atoms with Crippen molar-refractivity contribution in [3.63, 3.8) is 0 Å². The second-order valence-corrected chi connectivity index (χ2v) is 3.64. The van der Waals surface area contributed by atoms with Gasteiger partial charge in [0.15, 0.2) is 6.10 Å². The number of esters is 1. The molecule has 0 bridgehead atoms. The third kappa shape index (κ3) is 2.28. The molecule has 4 nitrogen and oxygen atoms in total. The Morgan fingerprint density at radius 2 is 2.06 bits per heavy atom. The minimum atomic E-state index is -1.39. The van der Waals surface area contributed by atoms with Crippen LogP contribution in [0, 0.1) is 6.92 Å². The number of hydrogen-bond donors (Lipinski definition) is 1. The molecular formula is C11H13ClO4. The zero-order valence-corrected chi connectivity index (χ0v) is 10.0. The van der Waals surface area contributed by atoms with Gasteiger partial charge >= 0.3 is 5.97 Å². The Morgan fingerprint density at radius 1 is 1.44 bits per heavy atom. The fourth-order valence-electron chi connectivity index (χ4n) is 1.45. The Kier molecular flexibility index (Phi) is 4.15. The lowest BCUT2D eigenvalue weighted by Gasteiger charge is -2.16. The molecule has 1 N–H and O–H groups in total. The number of carbonyl (C=O) groups excluding carboxylic acids is 1. The van der Waals surface area contributed by atoms with Crippen molar-refractivity contribution < 1.29 is 19.4 Å². The Bertz CT molecular complexity index is 403. The van der Waals surface area contributed by atoms with Crippen molar-refractivity contribution in [2.75, 3.05) is 14.2 Å². The smallest absolute Gasteiger partial charge is 0.339 e. The molecule has 1 rings (SSSR count). The quantitative estimate of drug-likeness (QED) is 0.825. The summed E-state index contributed by atoms with van der Waals surface area (Å²) in [7, 11) is 2.63. The first-order chi connectivity index (χ1) is 7.52. The average molecular weight is 245 g/mol. The lowest BCUT2D eigenvalue weighted by Crippen LogP contribution is -2.15. The molecule has 1 atom stereocenters. The average Bonchev–Trinajstić information content (AvgIpc) is 2.29. The monoisotopic (exact) mass is 244 g/mol. The van der Waals surface area contributed by atoms with Crippen molar-refractivity contribution in [2.45, 2.75) is 13.0 Å². The van der Waals surface area contributed by atoms with E-state index in [9.17, 15) is 9.90 Å². The zero-order chi connectivity index (χ0) is 12.3. The lowest BCUT2D eigenvalue weighted by molar-refractivity contribution is -0.150. The minimum Gasteiger partial charge on any atom is -0.495 e. The van der Waals surface area contributed by atoms with Gasteiger partial charge in [0.1, 0.15) is 5.75 Å². The van der Waals surface area contributed by atoms with E-state index in [0.717, 1.165) is 0 Å². The Labute approximate surface area is 98.7 Å². The van der Waals surface area contributed by atoms with Crippen LogP contribution in [0.1, 0.15) is 17.2 Å². The third-order valence-electron chi connectivity index (χ3n) is 2.27. The van der Waals surface area contributed by atoms with Gasteiger partial charge in [-0.2, -0.15) is 0 Å². The van der Waals surface area contributed by atoms with E-state index in [1.165, 1.54) is 14.2 Å². The van der Waals surface area contributed by atoms with E-state index in [2.05, 4.69) is 4.74 Å². The molecule has 0 amide bonds. The maximum Gasteiger partial charge on any atom is 0.339 e. The van der Waals surface area contributed by atoms with Crippen LogP contribution in [0.4, 0.5) is 0 Å². The van der Waals surface area contributed by atoms with Crippen LogP contribution in [-0.2, 0) is 9.53 Å². The molecule has 5 heteroatoms. The molecule has 0 heterocycles. The summed E-state index contributed by atoms with van der Waals surface area (Å²) in [5.74, 6) is -0.455. The van der Waals surface area contributed by atoms with Gasteiger partial charge in [-0.05, 0) is 18.6 Å². The van der Waals surface area contributed by atoms with Gasteiger partial charge in [0.05, 0.1) is 19.2 Å². The highest BCUT2D eigenvalue weighted by Gasteiger charge is 2.25. The highest BCUT2D eigenvalue weighted by Crippen LogP contribution is 2.35. The molecule has 0 aliphatic rings. The maximum absolute atomic E-state index is 11.3. The number of aliphatic hydroxyl groups excluding tert-OH is 1. The summed E-state index contributed by atoms with van der Waals surface area (Å²) in [6.07, 6.45) is -1.39. The molecule has 88 valence electrons. The normalized spacial score (nSPS) is 12.1. The second-order valence-electron chi connectivity index (χ2n) is 3.24. The fraction of sp³-hybridized carbons (Fsp3) is 0.364. The van der Waals surface area contributed by atoms with Crippen LogP contribution in [0.2, 0.25) is 5.02 Å². The fourth-order valence-corrected chi connectivity index (χ4v) is 1.69. The van der Waals surface area contributed by atoms with Crippen LogP contribution >= 0.6 is 11.6 Å². The summed E-state index contributed by atoms with van der Waals surface area (Å²) >= 11 is 5.91. The summed E-state index contributed by atoms with van der Waals surface area (Å²) in [5, 5.41) is 10.1. The van der Waals surface area contributed by atoms with Crippen molar-refractivity contribution in [2.24, 2.45) is 0 Å². The molecule has 0 aromatic heterocycles. The molecule has 0 fully saturated rings. The number of methoxy groups -OCH3 is 2. The number of benzene rings is 1. The molecule has 0 aliphatic heterocycles. The van der Waals surface area contributed by atoms with Crippen molar-refractivity contribution in [3.05, 3.63) is 28.3 Å². The number of halogens is 1. The van der Waals surface area contributed by atoms with Crippen molar-refractivity contribution in [1.82, 2.24) is 0 Å². The molecule has 0 radical (unpaired) electrons. The first-order valence-electron chi connectivity index (χ1n) is 4.61. The molecule has 0 aliphatic carbocycles. The molecule has 0 saturated carbocycles. The first kappa shape index (κ1) is 12.8. The van der Waals surface area contributed by atoms with E-state index >= 15 is 0 Å². The van der Waals surface area contributed by atoms with E-state index in [4.69, 9.17) is 16.3 Å².